The Balaban J connectivity index is 1.92. The third-order valence-corrected chi connectivity index (χ3v) is 5.73. The summed E-state index contributed by atoms with van der Waals surface area (Å²) in [4.78, 5) is 9.52. The SMILES string of the molecule is O=[N+]([O-])c1ccc(S(=O)(=O)N(CC2CC2)C2CC2)cc1F. The van der Waals surface area contributed by atoms with E-state index in [2.05, 4.69) is 0 Å². The minimum Gasteiger partial charge on any atom is -0.258 e. The van der Waals surface area contributed by atoms with Gasteiger partial charge in [-0.3, -0.25) is 10.1 Å². The van der Waals surface area contributed by atoms with Gasteiger partial charge >= 0.3 is 5.69 Å². The summed E-state index contributed by atoms with van der Waals surface area (Å²) in [6.45, 7) is 0.464. The van der Waals surface area contributed by atoms with Gasteiger partial charge in [-0.15, -0.1) is 0 Å². The van der Waals surface area contributed by atoms with Crippen LogP contribution in [0.3, 0.4) is 0 Å². The molecule has 0 aromatic heterocycles. The zero-order valence-electron chi connectivity index (χ0n) is 11.2. The van der Waals surface area contributed by atoms with Crippen LogP contribution < -0.4 is 0 Å². The maximum Gasteiger partial charge on any atom is 0.304 e. The predicted octanol–water partition coefficient (Wildman–Crippen LogP) is 2.30. The molecule has 0 bridgehead atoms. The molecular formula is C13H15FN2O4S. The summed E-state index contributed by atoms with van der Waals surface area (Å²) in [6.07, 6.45) is 3.68. The lowest BCUT2D eigenvalue weighted by atomic mass is 10.3. The third kappa shape index (κ3) is 2.91. The van der Waals surface area contributed by atoms with Gasteiger partial charge in [0.25, 0.3) is 0 Å². The van der Waals surface area contributed by atoms with Gasteiger partial charge < -0.3 is 0 Å². The first-order valence-corrected chi connectivity index (χ1v) is 8.29. The Bertz CT molecular complexity index is 683. The maximum absolute atomic E-state index is 13.7. The molecule has 0 atom stereocenters. The molecule has 1 aromatic carbocycles. The van der Waals surface area contributed by atoms with E-state index >= 15 is 0 Å². The standard InChI is InChI=1S/C13H15FN2O4S/c14-12-7-11(5-6-13(12)16(17)18)21(19,20)15(10-3-4-10)8-9-1-2-9/h5-7,9-10H,1-4,8H2. The van der Waals surface area contributed by atoms with Crippen LogP contribution >= 0.6 is 0 Å². The van der Waals surface area contributed by atoms with Crippen LogP contribution in [0.25, 0.3) is 0 Å². The topological polar surface area (TPSA) is 80.5 Å². The predicted molar refractivity (Wildman–Crippen MR) is 72.7 cm³/mol. The monoisotopic (exact) mass is 314 g/mol. The zero-order valence-corrected chi connectivity index (χ0v) is 12.1. The molecule has 0 spiro atoms. The molecule has 0 saturated heterocycles. The van der Waals surface area contributed by atoms with Crippen molar-refractivity contribution in [1.29, 1.82) is 0 Å². The van der Waals surface area contributed by atoms with Gasteiger partial charge in [0.2, 0.25) is 15.8 Å². The average molecular weight is 314 g/mol. The molecule has 2 aliphatic carbocycles. The molecule has 114 valence electrons. The zero-order chi connectivity index (χ0) is 15.2. The second-order valence-corrected chi connectivity index (χ2v) is 7.51. The Kier molecular flexibility index (Phi) is 3.45. The molecule has 0 unspecified atom stereocenters. The van der Waals surface area contributed by atoms with Gasteiger partial charge in [0.15, 0.2) is 0 Å². The van der Waals surface area contributed by atoms with Gasteiger partial charge in [-0.05, 0) is 37.7 Å². The Morgan fingerprint density at radius 3 is 2.43 bits per heavy atom. The number of nitro benzene ring substituents is 1. The average Bonchev–Trinajstić information content (AvgIpc) is 3.27. The van der Waals surface area contributed by atoms with Gasteiger partial charge in [0.05, 0.1) is 9.82 Å². The highest BCUT2D eigenvalue weighted by Crippen LogP contribution is 2.38. The summed E-state index contributed by atoms with van der Waals surface area (Å²) in [5.74, 6) is -0.730. The molecule has 2 saturated carbocycles. The van der Waals surface area contributed by atoms with Gasteiger partial charge in [-0.1, -0.05) is 0 Å². The van der Waals surface area contributed by atoms with Crippen LogP contribution in [0.1, 0.15) is 25.7 Å². The number of rotatable bonds is 6. The van der Waals surface area contributed by atoms with Crippen molar-refractivity contribution in [2.45, 2.75) is 36.6 Å². The minimum atomic E-state index is -3.79. The van der Waals surface area contributed by atoms with Crippen LogP contribution in [0.4, 0.5) is 10.1 Å². The maximum atomic E-state index is 13.7. The Morgan fingerprint density at radius 2 is 1.95 bits per heavy atom. The van der Waals surface area contributed by atoms with E-state index in [0.717, 1.165) is 43.9 Å². The van der Waals surface area contributed by atoms with Gasteiger partial charge in [0.1, 0.15) is 0 Å². The molecule has 0 amide bonds. The second-order valence-electron chi connectivity index (χ2n) is 5.62. The van der Waals surface area contributed by atoms with E-state index in [-0.39, 0.29) is 10.9 Å². The lowest BCUT2D eigenvalue weighted by molar-refractivity contribution is -0.387. The molecule has 2 aliphatic rings. The third-order valence-electron chi connectivity index (χ3n) is 3.81. The largest absolute Gasteiger partial charge is 0.304 e. The Hall–Kier alpha value is -1.54. The van der Waals surface area contributed by atoms with Crippen LogP contribution in [0.2, 0.25) is 0 Å². The smallest absolute Gasteiger partial charge is 0.258 e. The number of hydrogen-bond acceptors (Lipinski definition) is 4. The van der Waals surface area contributed by atoms with Crippen LogP contribution in [-0.4, -0.2) is 30.2 Å². The van der Waals surface area contributed by atoms with E-state index < -0.39 is 26.5 Å². The lowest BCUT2D eigenvalue weighted by Gasteiger charge is -2.21. The number of benzene rings is 1. The summed E-state index contributed by atoms with van der Waals surface area (Å²) in [7, 11) is -3.79. The van der Waals surface area contributed by atoms with E-state index in [4.69, 9.17) is 0 Å². The fraction of sp³-hybridized carbons (Fsp3) is 0.538. The lowest BCUT2D eigenvalue weighted by Crippen LogP contribution is -2.35. The quantitative estimate of drug-likeness (QED) is 0.596. The highest BCUT2D eigenvalue weighted by molar-refractivity contribution is 7.89. The van der Waals surface area contributed by atoms with Crippen molar-refractivity contribution in [2.24, 2.45) is 5.92 Å². The molecule has 0 heterocycles. The normalized spacial score (nSPS) is 19.0. The van der Waals surface area contributed by atoms with Crippen molar-refractivity contribution in [1.82, 2.24) is 4.31 Å². The summed E-state index contributed by atoms with van der Waals surface area (Å²) in [6, 6.07) is 2.76. The van der Waals surface area contributed by atoms with E-state index in [1.165, 1.54) is 4.31 Å². The molecule has 21 heavy (non-hydrogen) atoms. The highest BCUT2D eigenvalue weighted by atomic mass is 32.2. The fourth-order valence-electron chi connectivity index (χ4n) is 2.29. The second kappa shape index (κ2) is 5.03. The van der Waals surface area contributed by atoms with Crippen molar-refractivity contribution in [3.8, 4) is 0 Å². The van der Waals surface area contributed by atoms with Crippen molar-refractivity contribution in [3.63, 3.8) is 0 Å². The van der Waals surface area contributed by atoms with Crippen molar-refractivity contribution in [2.75, 3.05) is 6.54 Å². The van der Waals surface area contributed by atoms with E-state index in [0.29, 0.717) is 12.5 Å². The number of nitro groups is 1. The minimum absolute atomic E-state index is 0.00569. The molecule has 0 N–H and O–H groups in total. The van der Waals surface area contributed by atoms with Gasteiger partial charge in [-0.25, -0.2) is 8.42 Å². The number of sulfonamides is 1. The van der Waals surface area contributed by atoms with Crippen LogP contribution in [-0.2, 0) is 10.0 Å². The van der Waals surface area contributed by atoms with E-state index in [1.807, 2.05) is 0 Å². The van der Waals surface area contributed by atoms with E-state index in [1.54, 1.807) is 0 Å². The van der Waals surface area contributed by atoms with E-state index in [9.17, 15) is 22.9 Å². The highest BCUT2D eigenvalue weighted by Gasteiger charge is 2.41. The van der Waals surface area contributed by atoms with Crippen molar-refractivity contribution in [3.05, 3.63) is 34.1 Å². The van der Waals surface area contributed by atoms with Crippen molar-refractivity contribution < 1.29 is 17.7 Å². The first-order chi connectivity index (χ1) is 9.89. The van der Waals surface area contributed by atoms with Gasteiger partial charge in [-0.2, -0.15) is 8.70 Å². The summed E-state index contributed by atoms with van der Waals surface area (Å²) >= 11 is 0. The van der Waals surface area contributed by atoms with Crippen LogP contribution in [0.5, 0.6) is 0 Å². The van der Waals surface area contributed by atoms with Crippen LogP contribution in [0, 0.1) is 21.8 Å². The molecule has 8 heteroatoms. The van der Waals surface area contributed by atoms with Crippen LogP contribution in [0.15, 0.2) is 23.1 Å². The number of hydrogen-bond donors (Lipinski definition) is 0. The first kappa shape index (κ1) is 14.4. The number of nitrogens with zero attached hydrogens (tertiary/aromatic N) is 2. The fourth-order valence-corrected chi connectivity index (χ4v) is 4.07. The van der Waals surface area contributed by atoms with Gasteiger partial charge in [0, 0.05) is 24.7 Å². The molecule has 6 nitrogen and oxygen atoms in total. The molecule has 0 radical (unpaired) electrons. The first-order valence-electron chi connectivity index (χ1n) is 6.85. The number of halogens is 1. The Labute approximate surface area is 121 Å². The Morgan fingerprint density at radius 1 is 1.29 bits per heavy atom. The molecule has 3 rings (SSSR count). The molecular weight excluding hydrogens is 299 g/mol. The molecule has 2 fully saturated rings. The molecule has 0 aliphatic heterocycles. The summed E-state index contributed by atoms with van der Waals surface area (Å²) in [5.41, 5.74) is -0.714. The summed E-state index contributed by atoms with van der Waals surface area (Å²) < 4.78 is 40.3. The van der Waals surface area contributed by atoms with Crippen molar-refractivity contribution >= 4 is 15.7 Å². The molecule has 1 aromatic rings. The summed E-state index contributed by atoms with van der Waals surface area (Å²) in [5, 5.41) is 10.6.